The molecule has 172 valence electrons. The zero-order valence-corrected chi connectivity index (χ0v) is 20.7. The van der Waals surface area contributed by atoms with Gasteiger partial charge in [0.15, 0.2) is 8.32 Å². The van der Waals surface area contributed by atoms with Gasteiger partial charge in [-0.25, -0.2) is 9.69 Å². The van der Waals surface area contributed by atoms with Crippen LogP contribution in [0.4, 0.5) is 4.79 Å². The molecule has 7 heteroatoms. The molecule has 0 unspecified atom stereocenters. The van der Waals surface area contributed by atoms with Crippen LogP contribution in [0.5, 0.6) is 0 Å². The molecule has 1 N–H and O–H groups in total. The Morgan fingerprint density at radius 2 is 1.94 bits per heavy atom. The first-order valence-electron chi connectivity index (χ1n) is 10.9. The number of rotatable bonds is 9. The minimum Gasteiger partial charge on any atom is -0.447 e. The van der Waals surface area contributed by atoms with E-state index in [1.165, 1.54) is 0 Å². The third kappa shape index (κ3) is 6.27. The molecule has 1 aromatic rings. The fourth-order valence-corrected chi connectivity index (χ4v) is 4.32. The number of carbonyl (C=O) groups is 2. The molecule has 1 aliphatic heterocycles. The van der Waals surface area contributed by atoms with Gasteiger partial charge in [-0.15, -0.1) is 0 Å². The van der Waals surface area contributed by atoms with Crippen molar-refractivity contribution in [2.75, 3.05) is 13.2 Å². The van der Waals surface area contributed by atoms with Crippen LogP contribution in [0, 0.1) is 5.92 Å². The minimum atomic E-state index is -1.89. The molecular formula is C24H37NO5Si. The van der Waals surface area contributed by atoms with Gasteiger partial charge in [0.25, 0.3) is 0 Å². The first-order valence-corrected chi connectivity index (χ1v) is 13.8. The zero-order chi connectivity index (χ0) is 23.4. The van der Waals surface area contributed by atoms with E-state index in [-0.39, 0.29) is 17.7 Å². The van der Waals surface area contributed by atoms with Crippen molar-refractivity contribution in [3.8, 4) is 0 Å². The highest BCUT2D eigenvalue weighted by molar-refractivity contribution is 6.74. The molecular weight excluding hydrogens is 410 g/mol. The van der Waals surface area contributed by atoms with Gasteiger partial charge in [-0.05, 0) is 42.1 Å². The third-order valence-electron chi connectivity index (χ3n) is 6.49. The molecule has 6 nitrogen and oxygen atoms in total. The molecule has 2 rings (SSSR count). The van der Waals surface area contributed by atoms with Crippen LogP contribution in [0.3, 0.4) is 0 Å². The van der Waals surface area contributed by atoms with Crippen LogP contribution in [0.15, 0.2) is 42.5 Å². The number of imide groups is 1. The summed E-state index contributed by atoms with van der Waals surface area (Å²) < 4.78 is 11.3. The molecule has 2 amide bonds. The van der Waals surface area contributed by atoms with Gasteiger partial charge in [0.1, 0.15) is 6.61 Å². The number of hydrogen-bond acceptors (Lipinski definition) is 5. The summed E-state index contributed by atoms with van der Waals surface area (Å²) in [4.78, 5) is 26.5. The van der Waals surface area contributed by atoms with Crippen LogP contribution in [0.1, 0.15) is 39.7 Å². The highest BCUT2D eigenvalue weighted by Gasteiger charge is 2.42. The van der Waals surface area contributed by atoms with Gasteiger partial charge in [-0.2, -0.15) is 0 Å². The van der Waals surface area contributed by atoms with Crippen molar-refractivity contribution >= 4 is 20.3 Å². The maximum absolute atomic E-state index is 13.1. The van der Waals surface area contributed by atoms with E-state index in [4.69, 9.17) is 9.16 Å². The second kappa shape index (κ2) is 10.1. The third-order valence-corrected chi connectivity index (χ3v) is 11.0. The van der Waals surface area contributed by atoms with Crippen molar-refractivity contribution < 1.29 is 23.9 Å². The lowest BCUT2D eigenvalue weighted by molar-refractivity contribution is -0.135. The largest absolute Gasteiger partial charge is 0.447 e. The molecule has 0 radical (unpaired) electrons. The molecule has 1 saturated heterocycles. The van der Waals surface area contributed by atoms with Crippen molar-refractivity contribution in [2.45, 2.75) is 70.8 Å². The highest BCUT2D eigenvalue weighted by atomic mass is 28.4. The molecule has 3 atom stereocenters. The number of amides is 2. The van der Waals surface area contributed by atoms with E-state index in [1.54, 1.807) is 6.92 Å². The molecule has 0 spiro atoms. The summed E-state index contributed by atoms with van der Waals surface area (Å²) in [7, 11) is -1.89. The Hall–Kier alpha value is -1.96. The predicted octanol–water partition coefficient (Wildman–Crippen LogP) is 4.54. The molecule has 1 fully saturated rings. The van der Waals surface area contributed by atoms with Gasteiger partial charge < -0.3 is 14.3 Å². The van der Waals surface area contributed by atoms with Crippen molar-refractivity contribution in [3.05, 3.63) is 48.0 Å². The number of aliphatic hydroxyl groups is 1. The van der Waals surface area contributed by atoms with E-state index in [1.807, 2.05) is 30.3 Å². The van der Waals surface area contributed by atoms with E-state index in [0.29, 0.717) is 25.0 Å². The Labute approximate surface area is 187 Å². The summed E-state index contributed by atoms with van der Waals surface area (Å²) >= 11 is 0. The SMILES string of the molecule is C=C(CCO[Si](C)(C)C(C)(C)C)[C@@H](O)[C@H](C)C(=O)N1C(=O)OC[C@@H]1Cc1ccccc1. The number of hydrogen-bond donors (Lipinski definition) is 1. The van der Waals surface area contributed by atoms with E-state index < -0.39 is 32.3 Å². The van der Waals surface area contributed by atoms with Crippen molar-refractivity contribution in [3.63, 3.8) is 0 Å². The minimum absolute atomic E-state index is 0.0973. The summed E-state index contributed by atoms with van der Waals surface area (Å²) in [5.74, 6) is -1.24. The lowest BCUT2D eigenvalue weighted by Crippen LogP contribution is -2.46. The summed E-state index contributed by atoms with van der Waals surface area (Å²) in [6.45, 7) is 17.1. The molecule has 1 heterocycles. The van der Waals surface area contributed by atoms with Crippen molar-refractivity contribution in [1.82, 2.24) is 4.90 Å². The van der Waals surface area contributed by atoms with Gasteiger partial charge in [-0.1, -0.05) is 64.6 Å². The van der Waals surface area contributed by atoms with Crippen molar-refractivity contribution in [2.24, 2.45) is 5.92 Å². The summed E-state index contributed by atoms with van der Waals surface area (Å²) in [5.41, 5.74) is 1.55. The monoisotopic (exact) mass is 447 g/mol. The average molecular weight is 448 g/mol. The Balaban J connectivity index is 1.97. The first-order chi connectivity index (χ1) is 14.3. The summed E-state index contributed by atoms with van der Waals surface area (Å²) in [6, 6.07) is 9.28. The quantitative estimate of drug-likeness (QED) is 0.444. The molecule has 0 aromatic heterocycles. The Bertz CT molecular complexity index is 787. The molecule has 1 aromatic carbocycles. The van der Waals surface area contributed by atoms with Gasteiger partial charge in [0.2, 0.25) is 5.91 Å². The van der Waals surface area contributed by atoms with Crippen LogP contribution in [0.2, 0.25) is 18.1 Å². The molecule has 31 heavy (non-hydrogen) atoms. The predicted molar refractivity (Wildman–Crippen MR) is 124 cm³/mol. The lowest BCUT2D eigenvalue weighted by atomic mass is 9.94. The van der Waals surface area contributed by atoms with Gasteiger partial charge in [-0.3, -0.25) is 4.79 Å². The zero-order valence-electron chi connectivity index (χ0n) is 19.7. The van der Waals surface area contributed by atoms with Crippen LogP contribution >= 0.6 is 0 Å². The molecule has 0 bridgehead atoms. The van der Waals surface area contributed by atoms with E-state index in [0.717, 1.165) is 10.5 Å². The standard InChI is InChI=1S/C24H37NO5Si/c1-17(13-14-30-31(6,7)24(3,4)5)21(26)18(2)22(27)25-20(16-29-23(25)28)15-19-11-9-8-10-12-19/h8-12,18,20-21,26H,1,13-16H2,2-7H3/t18-,20-,21+/m0/s1. The number of cyclic esters (lactones) is 1. The van der Waals surface area contributed by atoms with Crippen molar-refractivity contribution in [1.29, 1.82) is 0 Å². The number of benzene rings is 1. The van der Waals surface area contributed by atoms with Crippen LogP contribution in [-0.4, -0.2) is 55.7 Å². The normalized spacial score (nSPS) is 19.1. The molecule has 1 aliphatic rings. The highest BCUT2D eigenvalue weighted by Crippen LogP contribution is 2.36. The Kier molecular flexibility index (Phi) is 8.25. The lowest BCUT2D eigenvalue weighted by Gasteiger charge is -2.36. The van der Waals surface area contributed by atoms with Gasteiger partial charge in [0.05, 0.1) is 18.1 Å². The van der Waals surface area contributed by atoms with E-state index in [2.05, 4.69) is 40.4 Å². The fourth-order valence-electron chi connectivity index (χ4n) is 3.28. The smallest absolute Gasteiger partial charge is 0.416 e. The molecule has 0 aliphatic carbocycles. The number of aliphatic hydroxyl groups excluding tert-OH is 1. The fraction of sp³-hybridized carbons (Fsp3) is 0.583. The van der Waals surface area contributed by atoms with E-state index >= 15 is 0 Å². The first kappa shape index (κ1) is 25.3. The number of ether oxygens (including phenoxy) is 1. The van der Waals surface area contributed by atoms with Gasteiger partial charge in [0, 0.05) is 6.61 Å². The maximum atomic E-state index is 13.1. The topological polar surface area (TPSA) is 76.1 Å². The second-order valence-corrected chi connectivity index (χ2v) is 14.7. The average Bonchev–Trinajstić information content (AvgIpc) is 3.05. The van der Waals surface area contributed by atoms with Crippen LogP contribution < -0.4 is 0 Å². The second-order valence-electron chi connectivity index (χ2n) is 9.88. The number of carbonyl (C=O) groups excluding carboxylic acids is 2. The Morgan fingerprint density at radius 1 is 1.32 bits per heavy atom. The van der Waals surface area contributed by atoms with Crippen LogP contribution in [-0.2, 0) is 20.4 Å². The summed E-state index contributed by atoms with van der Waals surface area (Å²) in [5, 5.41) is 10.8. The molecule has 0 saturated carbocycles. The Morgan fingerprint density at radius 3 is 2.52 bits per heavy atom. The van der Waals surface area contributed by atoms with Crippen LogP contribution in [0.25, 0.3) is 0 Å². The van der Waals surface area contributed by atoms with E-state index in [9.17, 15) is 14.7 Å². The number of nitrogens with zero attached hydrogens (tertiary/aromatic N) is 1. The van der Waals surface area contributed by atoms with Gasteiger partial charge >= 0.3 is 6.09 Å². The maximum Gasteiger partial charge on any atom is 0.416 e. The summed E-state index contributed by atoms with van der Waals surface area (Å²) in [6.07, 6.45) is -0.732.